The monoisotopic (exact) mass is 324 g/mol. The molecule has 2 aromatic heterocycles. The van der Waals surface area contributed by atoms with E-state index < -0.39 is 0 Å². The third-order valence-corrected chi connectivity index (χ3v) is 4.24. The average Bonchev–Trinajstić information content (AvgIpc) is 3.08. The number of nitrogens with zero attached hydrogens (tertiary/aromatic N) is 3. The van der Waals surface area contributed by atoms with Crippen LogP contribution in [-0.2, 0) is 6.42 Å². The van der Waals surface area contributed by atoms with Crippen molar-refractivity contribution in [3.8, 4) is 0 Å². The largest absolute Gasteiger partial charge is 0.336 e. The highest BCUT2D eigenvalue weighted by Crippen LogP contribution is 2.25. The molecule has 0 aromatic carbocycles. The lowest BCUT2D eigenvalue weighted by atomic mass is 10.1. The maximum Gasteiger partial charge on any atom is 0.257 e. The van der Waals surface area contributed by atoms with E-state index in [0.717, 1.165) is 30.5 Å². The quantitative estimate of drug-likeness (QED) is 0.933. The number of carbonyl (C=O) groups is 1. The molecule has 0 aliphatic carbocycles. The molecule has 6 nitrogen and oxygen atoms in total. The first kappa shape index (κ1) is 16.7. The summed E-state index contributed by atoms with van der Waals surface area (Å²) in [7, 11) is 0. The number of amides is 1. The van der Waals surface area contributed by atoms with Crippen LogP contribution in [0.3, 0.4) is 0 Å². The number of carbonyl (C=O) groups excluding carboxylic acids is 1. The Morgan fingerprint density at radius 2 is 2.32 bits per heavy atom. The molecular weight excluding hydrogens is 304 g/mol. The van der Waals surface area contributed by atoms with Crippen LogP contribution < -0.4 is 5.73 Å². The van der Waals surface area contributed by atoms with Gasteiger partial charge in [0.1, 0.15) is 0 Å². The van der Waals surface area contributed by atoms with Crippen molar-refractivity contribution < 1.29 is 9.32 Å². The molecule has 2 aromatic rings. The number of rotatable bonds is 3. The summed E-state index contributed by atoms with van der Waals surface area (Å²) in [6, 6.07) is 2.05. The molecule has 1 fully saturated rings. The SMILES string of the molecule is CCc1noc2ncc(C(=O)N3CC(CN)CC3C)cc12.Cl. The second-order valence-corrected chi connectivity index (χ2v) is 5.70. The lowest BCUT2D eigenvalue weighted by molar-refractivity contribution is 0.0743. The van der Waals surface area contributed by atoms with E-state index in [1.165, 1.54) is 0 Å². The smallest absolute Gasteiger partial charge is 0.257 e. The number of pyridine rings is 1. The molecule has 2 unspecified atom stereocenters. The second-order valence-electron chi connectivity index (χ2n) is 5.70. The van der Waals surface area contributed by atoms with E-state index in [-0.39, 0.29) is 24.4 Å². The molecular formula is C15H21ClN4O2. The number of aromatic nitrogens is 2. The van der Waals surface area contributed by atoms with Crippen LogP contribution in [0.15, 0.2) is 16.8 Å². The highest BCUT2D eigenvalue weighted by Gasteiger charge is 2.32. The highest BCUT2D eigenvalue weighted by atomic mass is 35.5. The van der Waals surface area contributed by atoms with Crippen LogP contribution in [0.2, 0.25) is 0 Å². The van der Waals surface area contributed by atoms with Gasteiger partial charge >= 0.3 is 0 Å². The minimum atomic E-state index is 0. The number of nitrogens with two attached hydrogens (primary N) is 1. The predicted molar refractivity (Wildman–Crippen MR) is 86.1 cm³/mol. The topological polar surface area (TPSA) is 85.2 Å². The third kappa shape index (κ3) is 2.80. The van der Waals surface area contributed by atoms with Crippen LogP contribution in [0.1, 0.15) is 36.3 Å². The summed E-state index contributed by atoms with van der Waals surface area (Å²) >= 11 is 0. The summed E-state index contributed by atoms with van der Waals surface area (Å²) in [6.07, 6.45) is 3.28. The zero-order chi connectivity index (χ0) is 15.0. The van der Waals surface area contributed by atoms with Gasteiger partial charge < -0.3 is 15.2 Å². The lowest BCUT2D eigenvalue weighted by Crippen LogP contribution is -2.34. The Morgan fingerprint density at radius 1 is 1.55 bits per heavy atom. The van der Waals surface area contributed by atoms with Gasteiger partial charge in [-0.2, -0.15) is 0 Å². The van der Waals surface area contributed by atoms with Gasteiger partial charge in [-0.3, -0.25) is 4.79 Å². The van der Waals surface area contributed by atoms with Gasteiger partial charge in [0.25, 0.3) is 11.6 Å². The van der Waals surface area contributed by atoms with Gasteiger partial charge in [0.2, 0.25) is 0 Å². The van der Waals surface area contributed by atoms with Crippen molar-refractivity contribution in [2.24, 2.45) is 11.7 Å². The minimum absolute atomic E-state index is 0. The molecule has 22 heavy (non-hydrogen) atoms. The normalized spacial score (nSPS) is 21.1. The van der Waals surface area contributed by atoms with E-state index in [1.807, 2.05) is 17.9 Å². The van der Waals surface area contributed by atoms with Crippen molar-refractivity contribution in [2.75, 3.05) is 13.1 Å². The molecule has 3 rings (SSSR count). The summed E-state index contributed by atoms with van der Waals surface area (Å²) in [5.41, 5.74) is 7.63. The molecule has 2 atom stereocenters. The first-order chi connectivity index (χ1) is 10.1. The van der Waals surface area contributed by atoms with Crippen molar-refractivity contribution in [1.29, 1.82) is 0 Å². The predicted octanol–water partition coefficient (Wildman–Crippen LogP) is 2.02. The number of hydrogen-bond donors (Lipinski definition) is 1. The Labute approximate surface area is 135 Å². The molecule has 0 spiro atoms. The first-order valence-corrected chi connectivity index (χ1v) is 7.39. The maximum absolute atomic E-state index is 12.7. The number of hydrogen-bond acceptors (Lipinski definition) is 5. The number of likely N-dealkylation sites (tertiary alicyclic amines) is 1. The molecule has 0 bridgehead atoms. The zero-order valence-electron chi connectivity index (χ0n) is 12.8. The number of halogens is 1. The van der Waals surface area contributed by atoms with Gasteiger partial charge in [0, 0.05) is 18.8 Å². The maximum atomic E-state index is 12.7. The summed E-state index contributed by atoms with van der Waals surface area (Å²) in [4.78, 5) is 18.8. The Kier molecular flexibility index (Phi) is 5.03. The molecule has 0 radical (unpaired) electrons. The molecule has 1 aliphatic heterocycles. The van der Waals surface area contributed by atoms with Gasteiger partial charge in [0.15, 0.2) is 0 Å². The van der Waals surface area contributed by atoms with E-state index in [0.29, 0.717) is 23.7 Å². The molecule has 1 amide bonds. The Balaban J connectivity index is 0.00000176. The van der Waals surface area contributed by atoms with E-state index in [1.54, 1.807) is 6.20 Å². The van der Waals surface area contributed by atoms with Crippen LogP contribution in [-0.4, -0.2) is 40.1 Å². The molecule has 1 saturated heterocycles. The van der Waals surface area contributed by atoms with Crippen molar-refractivity contribution in [3.63, 3.8) is 0 Å². The highest BCUT2D eigenvalue weighted by molar-refractivity contribution is 5.97. The summed E-state index contributed by atoms with van der Waals surface area (Å²) in [5.74, 6) is 0.401. The van der Waals surface area contributed by atoms with Gasteiger partial charge in [-0.1, -0.05) is 12.1 Å². The van der Waals surface area contributed by atoms with Gasteiger partial charge in [-0.05, 0) is 38.3 Å². The van der Waals surface area contributed by atoms with Crippen molar-refractivity contribution in [2.45, 2.75) is 32.7 Å². The molecule has 3 heterocycles. The number of fused-ring (bicyclic) bond motifs is 1. The Hall–Kier alpha value is -1.66. The van der Waals surface area contributed by atoms with Crippen LogP contribution in [0.5, 0.6) is 0 Å². The summed E-state index contributed by atoms with van der Waals surface area (Å²) in [5, 5.41) is 4.80. The lowest BCUT2D eigenvalue weighted by Gasteiger charge is -2.21. The zero-order valence-corrected chi connectivity index (χ0v) is 13.6. The fourth-order valence-corrected chi connectivity index (χ4v) is 3.01. The molecule has 1 aliphatic rings. The standard InChI is InChI=1S/C15H20N4O2.ClH/c1-3-13-12-5-11(7-17-14(12)21-18-13)15(20)19-8-10(6-16)4-9(19)2;/h5,7,9-10H,3-4,6,8,16H2,1-2H3;1H. The van der Waals surface area contributed by atoms with Gasteiger partial charge in [0.05, 0.1) is 16.6 Å². The van der Waals surface area contributed by atoms with E-state index in [4.69, 9.17) is 10.3 Å². The van der Waals surface area contributed by atoms with Crippen molar-refractivity contribution >= 4 is 29.4 Å². The van der Waals surface area contributed by atoms with Crippen LogP contribution >= 0.6 is 12.4 Å². The van der Waals surface area contributed by atoms with Crippen LogP contribution in [0, 0.1) is 5.92 Å². The molecule has 0 saturated carbocycles. The fraction of sp³-hybridized carbons (Fsp3) is 0.533. The van der Waals surface area contributed by atoms with E-state index in [9.17, 15) is 4.79 Å². The first-order valence-electron chi connectivity index (χ1n) is 7.39. The number of aryl methyl sites for hydroxylation is 1. The molecule has 7 heteroatoms. The minimum Gasteiger partial charge on any atom is -0.336 e. The summed E-state index contributed by atoms with van der Waals surface area (Å²) < 4.78 is 5.15. The fourth-order valence-electron chi connectivity index (χ4n) is 3.01. The van der Waals surface area contributed by atoms with E-state index >= 15 is 0 Å². The average molecular weight is 325 g/mol. The van der Waals surface area contributed by atoms with Gasteiger partial charge in [-0.25, -0.2) is 4.98 Å². The summed E-state index contributed by atoms with van der Waals surface area (Å²) in [6.45, 7) is 5.41. The van der Waals surface area contributed by atoms with Crippen LogP contribution in [0.4, 0.5) is 0 Å². The Bertz CT molecular complexity index is 673. The second kappa shape index (κ2) is 6.62. The molecule has 120 valence electrons. The Morgan fingerprint density at radius 3 is 2.95 bits per heavy atom. The van der Waals surface area contributed by atoms with Crippen LogP contribution in [0.25, 0.3) is 11.1 Å². The molecule has 2 N–H and O–H groups in total. The van der Waals surface area contributed by atoms with E-state index in [2.05, 4.69) is 17.1 Å². The van der Waals surface area contributed by atoms with Crippen molar-refractivity contribution in [1.82, 2.24) is 15.0 Å². The third-order valence-electron chi connectivity index (χ3n) is 4.24. The van der Waals surface area contributed by atoms with Gasteiger partial charge in [-0.15, -0.1) is 12.4 Å². The van der Waals surface area contributed by atoms with Crippen molar-refractivity contribution in [3.05, 3.63) is 23.5 Å².